The summed E-state index contributed by atoms with van der Waals surface area (Å²) in [7, 11) is 0. The number of halogens is 1. The first kappa shape index (κ1) is 18.4. The lowest BCUT2D eigenvalue weighted by atomic mass is 10.00. The zero-order valence-electron chi connectivity index (χ0n) is 14.6. The third kappa shape index (κ3) is 4.62. The second-order valence-electron chi connectivity index (χ2n) is 6.34. The van der Waals surface area contributed by atoms with Gasteiger partial charge < -0.3 is 15.0 Å². The van der Waals surface area contributed by atoms with Crippen LogP contribution in [0.2, 0.25) is 5.02 Å². The summed E-state index contributed by atoms with van der Waals surface area (Å²) in [5.41, 5.74) is 4.00. The topological polar surface area (TPSA) is 58.6 Å². The van der Waals surface area contributed by atoms with Crippen LogP contribution >= 0.6 is 11.6 Å². The Hall–Kier alpha value is -2.37. The van der Waals surface area contributed by atoms with Crippen molar-refractivity contribution < 1.29 is 14.3 Å². The third-order valence-electron chi connectivity index (χ3n) is 4.40. The van der Waals surface area contributed by atoms with Gasteiger partial charge in [-0.3, -0.25) is 9.59 Å². The number of carbonyl (C=O) groups excluding carboxylic acids is 2. The molecule has 1 N–H and O–H groups in total. The van der Waals surface area contributed by atoms with Crippen molar-refractivity contribution in [2.75, 3.05) is 25.1 Å². The van der Waals surface area contributed by atoms with Gasteiger partial charge in [-0.2, -0.15) is 0 Å². The zero-order chi connectivity index (χ0) is 18.5. The highest BCUT2D eigenvalue weighted by atomic mass is 35.5. The normalized spacial score (nSPS) is 13.2. The Labute approximate surface area is 157 Å². The van der Waals surface area contributed by atoms with E-state index in [-0.39, 0.29) is 25.0 Å². The first-order chi connectivity index (χ1) is 12.5. The van der Waals surface area contributed by atoms with Crippen molar-refractivity contribution in [3.05, 3.63) is 64.2 Å². The van der Waals surface area contributed by atoms with Crippen LogP contribution in [0.3, 0.4) is 0 Å². The summed E-state index contributed by atoms with van der Waals surface area (Å²) in [6.07, 6.45) is 0.844. The predicted octanol–water partition coefficient (Wildman–Crippen LogP) is 3.19. The summed E-state index contributed by atoms with van der Waals surface area (Å²) in [6.45, 7) is 2.87. The number of nitrogens with one attached hydrogen (secondary N) is 1. The lowest BCUT2D eigenvalue weighted by molar-refractivity contribution is -0.138. The second kappa shape index (κ2) is 8.34. The van der Waals surface area contributed by atoms with E-state index in [2.05, 4.69) is 11.4 Å². The van der Waals surface area contributed by atoms with Gasteiger partial charge in [0.15, 0.2) is 0 Å². The van der Waals surface area contributed by atoms with Crippen LogP contribution in [0.1, 0.15) is 16.7 Å². The van der Waals surface area contributed by atoms with Gasteiger partial charge in [-0.15, -0.1) is 0 Å². The molecule has 1 heterocycles. The molecule has 1 aliphatic heterocycles. The minimum atomic E-state index is -0.318. The molecular weight excluding hydrogens is 352 g/mol. The average molecular weight is 373 g/mol. The van der Waals surface area contributed by atoms with Gasteiger partial charge in [-0.1, -0.05) is 41.9 Å². The molecule has 1 aliphatic rings. The Balaban J connectivity index is 1.43. The molecule has 0 bridgehead atoms. The number of amides is 2. The summed E-state index contributed by atoms with van der Waals surface area (Å²) in [5.74, 6) is -0.424. The molecule has 0 radical (unpaired) electrons. The van der Waals surface area contributed by atoms with Crippen LogP contribution in [-0.4, -0.2) is 36.5 Å². The van der Waals surface area contributed by atoms with Gasteiger partial charge in [0.1, 0.15) is 13.2 Å². The summed E-state index contributed by atoms with van der Waals surface area (Å²) < 4.78 is 5.29. The van der Waals surface area contributed by atoms with Crippen molar-refractivity contribution in [3.8, 4) is 0 Å². The van der Waals surface area contributed by atoms with Gasteiger partial charge in [0.25, 0.3) is 0 Å². The molecule has 26 heavy (non-hydrogen) atoms. The SMILES string of the molecule is Cc1ccc(NC(=O)COCC(=O)N2CCc3ccccc3C2)cc1Cl. The van der Waals surface area contributed by atoms with E-state index in [9.17, 15) is 9.59 Å². The molecule has 0 unspecified atom stereocenters. The highest BCUT2D eigenvalue weighted by Crippen LogP contribution is 2.20. The first-order valence-corrected chi connectivity index (χ1v) is 8.89. The van der Waals surface area contributed by atoms with E-state index in [0.717, 1.165) is 12.0 Å². The molecule has 3 rings (SSSR count). The Morgan fingerprint density at radius 3 is 2.69 bits per heavy atom. The fourth-order valence-electron chi connectivity index (χ4n) is 2.90. The van der Waals surface area contributed by atoms with Crippen LogP contribution in [0, 0.1) is 6.92 Å². The maximum atomic E-state index is 12.3. The third-order valence-corrected chi connectivity index (χ3v) is 4.80. The van der Waals surface area contributed by atoms with E-state index in [0.29, 0.717) is 23.8 Å². The van der Waals surface area contributed by atoms with Gasteiger partial charge in [-0.05, 0) is 42.2 Å². The Morgan fingerprint density at radius 2 is 1.92 bits per heavy atom. The molecule has 136 valence electrons. The molecule has 0 spiro atoms. The van der Waals surface area contributed by atoms with Crippen LogP contribution in [0.4, 0.5) is 5.69 Å². The van der Waals surface area contributed by atoms with E-state index in [4.69, 9.17) is 16.3 Å². The number of fused-ring (bicyclic) bond motifs is 1. The van der Waals surface area contributed by atoms with E-state index in [1.807, 2.05) is 31.2 Å². The van der Waals surface area contributed by atoms with Gasteiger partial charge in [-0.25, -0.2) is 0 Å². The molecule has 0 aliphatic carbocycles. The van der Waals surface area contributed by atoms with Crippen molar-refractivity contribution in [1.82, 2.24) is 4.90 Å². The maximum Gasteiger partial charge on any atom is 0.250 e. The number of benzene rings is 2. The first-order valence-electron chi connectivity index (χ1n) is 8.51. The lowest BCUT2D eigenvalue weighted by Crippen LogP contribution is -2.38. The van der Waals surface area contributed by atoms with Gasteiger partial charge in [0.05, 0.1) is 0 Å². The average Bonchev–Trinajstić information content (AvgIpc) is 2.64. The molecule has 0 fully saturated rings. The van der Waals surface area contributed by atoms with E-state index < -0.39 is 0 Å². The molecule has 5 nitrogen and oxygen atoms in total. The second-order valence-corrected chi connectivity index (χ2v) is 6.75. The molecular formula is C20H21ClN2O3. The van der Waals surface area contributed by atoms with E-state index >= 15 is 0 Å². The van der Waals surface area contributed by atoms with Crippen molar-refractivity contribution in [2.24, 2.45) is 0 Å². The van der Waals surface area contributed by atoms with Crippen molar-refractivity contribution in [2.45, 2.75) is 19.9 Å². The fraction of sp³-hybridized carbons (Fsp3) is 0.300. The molecule has 2 aromatic carbocycles. The van der Waals surface area contributed by atoms with Crippen molar-refractivity contribution in [3.63, 3.8) is 0 Å². The quantitative estimate of drug-likeness (QED) is 0.876. The maximum absolute atomic E-state index is 12.3. The number of aryl methyl sites for hydroxylation is 1. The Kier molecular flexibility index (Phi) is 5.91. The number of rotatable bonds is 5. The van der Waals surface area contributed by atoms with Crippen molar-refractivity contribution >= 4 is 29.1 Å². The standard InChI is InChI=1S/C20H21ClN2O3/c1-14-6-7-17(10-18(14)21)22-19(24)12-26-13-20(25)23-9-8-15-4-2-3-5-16(15)11-23/h2-7,10H,8-9,11-13H2,1H3,(H,22,24). The Morgan fingerprint density at radius 1 is 1.15 bits per heavy atom. The van der Waals surface area contributed by atoms with Gasteiger partial charge in [0.2, 0.25) is 11.8 Å². The Bertz CT molecular complexity index is 822. The minimum absolute atomic E-state index is 0.106. The number of carbonyl (C=O) groups is 2. The molecule has 2 amide bonds. The van der Waals surface area contributed by atoms with Gasteiger partial charge >= 0.3 is 0 Å². The number of hydrogen-bond acceptors (Lipinski definition) is 3. The molecule has 2 aromatic rings. The summed E-state index contributed by atoms with van der Waals surface area (Å²) in [6, 6.07) is 13.4. The van der Waals surface area contributed by atoms with Crippen LogP contribution in [0.15, 0.2) is 42.5 Å². The van der Waals surface area contributed by atoms with Crippen LogP contribution in [-0.2, 0) is 27.3 Å². The van der Waals surface area contributed by atoms with E-state index in [1.54, 1.807) is 17.0 Å². The van der Waals surface area contributed by atoms with Crippen molar-refractivity contribution in [1.29, 1.82) is 0 Å². The highest BCUT2D eigenvalue weighted by molar-refractivity contribution is 6.31. The summed E-state index contributed by atoms with van der Waals surface area (Å²) >= 11 is 6.03. The smallest absolute Gasteiger partial charge is 0.250 e. The molecule has 0 aromatic heterocycles. The van der Waals surface area contributed by atoms with Crippen LogP contribution in [0.5, 0.6) is 0 Å². The molecule has 0 saturated heterocycles. The number of anilines is 1. The number of ether oxygens (including phenoxy) is 1. The van der Waals surface area contributed by atoms with Crippen LogP contribution in [0.25, 0.3) is 0 Å². The number of nitrogens with zero attached hydrogens (tertiary/aromatic N) is 1. The lowest BCUT2D eigenvalue weighted by Gasteiger charge is -2.28. The predicted molar refractivity (Wildman–Crippen MR) is 101 cm³/mol. The van der Waals surface area contributed by atoms with Crippen LogP contribution < -0.4 is 5.32 Å². The highest BCUT2D eigenvalue weighted by Gasteiger charge is 2.20. The molecule has 0 atom stereocenters. The van der Waals surface area contributed by atoms with E-state index in [1.165, 1.54) is 11.1 Å². The van der Waals surface area contributed by atoms with Gasteiger partial charge in [0, 0.05) is 23.8 Å². The molecule has 6 heteroatoms. The summed E-state index contributed by atoms with van der Waals surface area (Å²) in [4.78, 5) is 26.0. The monoisotopic (exact) mass is 372 g/mol. The summed E-state index contributed by atoms with van der Waals surface area (Å²) in [5, 5.41) is 3.29. The zero-order valence-corrected chi connectivity index (χ0v) is 15.4. The minimum Gasteiger partial charge on any atom is -0.362 e. The fourth-order valence-corrected chi connectivity index (χ4v) is 3.08. The molecule has 0 saturated carbocycles. The number of hydrogen-bond donors (Lipinski definition) is 1. The largest absolute Gasteiger partial charge is 0.362 e.